The molecule has 1 aliphatic heterocycles. The number of aromatic nitrogens is 2. The molecule has 0 unspecified atom stereocenters. The van der Waals surface area contributed by atoms with Crippen LogP contribution in [0, 0.1) is 0 Å². The molecule has 19 heavy (non-hydrogen) atoms. The zero-order chi connectivity index (χ0) is 13.4. The van der Waals surface area contributed by atoms with E-state index in [0.717, 1.165) is 30.5 Å². The Morgan fingerprint density at radius 2 is 1.79 bits per heavy atom. The van der Waals surface area contributed by atoms with Gasteiger partial charge in [0.25, 0.3) is 5.91 Å². The fourth-order valence-corrected chi connectivity index (χ4v) is 2.87. The summed E-state index contributed by atoms with van der Waals surface area (Å²) < 4.78 is 0. The lowest BCUT2D eigenvalue weighted by atomic mass is 10.1. The fourth-order valence-electron chi connectivity index (χ4n) is 2.87. The van der Waals surface area contributed by atoms with Crippen molar-refractivity contribution in [1.29, 1.82) is 0 Å². The molecule has 6 nitrogen and oxygen atoms in total. The molecule has 2 amide bonds. The van der Waals surface area contributed by atoms with Gasteiger partial charge in [-0.1, -0.05) is 0 Å². The van der Waals surface area contributed by atoms with Gasteiger partial charge in [-0.15, -0.1) is 0 Å². The van der Waals surface area contributed by atoms with Crippen LogP contribution in [0.3, 0.4) is 0 Å². The van der Waals surface area contributed by atoms with Crippen LogP contribution in [0.4, 0.5) is 0 Å². The second-order valence-corrected chi connectivity index (χ2v) is 5.18. The van der Waals surface area contributed by atoms with Crippen molar-refractivity contribution in [3.63, 3.8) is 0 Å². The second-order valence-electron chi connectivity index (χ2n) is 5.18. The van der Waals surface area contributed by atoms with Gasteiger partial charge in [-0.25, -0.2) is 0 Å². The average molecular weight is 262 g/mol. The highest BCUT2D eigenvalue weighted by atomic mass is 16.2. The maximum absolute atomic E-state index is 12.4. The minimum atomic E-state index is 0.00241. The van der Waals surface area contributed by atoms with Gasteiger partial charge in [-0.3, -0.25) is 14.7 Å². The molecular formula is C13H18N4O2. The maximum atomic E-state index is 12.4. The van der Waals surface area contributed by atoms with E-state index < -0.39 is 0 Å². The molecule has 1 saturated heterocycles. The first-order chi connectivity index (χ1) is 9.16. The van der Waals surface area contributed by atoms with Crippen molar-refractivity contribution in [2.24, 2.45) is 0 Å². The SMILES string of the molecule is CC(=O)N1CCN(C(=O)c2n[nH]c3c2CCC3)CC1. The highest BCUT2D eigenvalue weighted by molar-refractivity contribution is 5.94. The van der Waals surface area contributed by atoms with Crippen LogP contribution in [0.2, 0.25) is 0 Å². The van der Waals surface area contributed by atoms with Crippen LogP contribution in [0.1, 0.15) is 35.1 Å². The van der Waals surface area contributed by atoms with Gasteiger partial charge in [-0.05, 0) is 19.3 Å². The average Bonchev–Trinajstić information content (AvgIpc) is 3.00. The molecule has 0 saturated carbocycles. The van der Waals surface area contributed by atoms with Gasteiger partial charge < -0.3 is 9.80 Å². The highest BCUT2D eigenvalue weighted by Crippen LogP contribution is 2.23. The van der Waals surface area contributed by atoms with Crippen molar-refractivity contribution < 1.29 is 9.59 Å². The molecule has 102 valence electrons. The van der Waals surface area contributed by atoms with Crippen LogP contribution in [-0.4, -0.2) is 58.0 Å². The van der Waals surface area contributed by atoms with Gasteiger partial charge in [0.15, 0.2) is 5.69 Å². The van der Waals surface area contributed by atoms with E-state index in [0.29, 0.717) is 31.9 Å². The van der Waals surface area contributed by atoms with Crippen LogP contribution in [0.25, 0.3) is 0 Å². The molecule has 1 aromatic rings. The molecule has 0 radical (unpaired) electrons. The van der Waals surface area contributed by atoms with E-state index in [9.17, 15) is 9.59 Å². The Kier molecular flexibility index (Phi) is 3.00. The molecular weight excluding hydrogens is 244 g/mol. The number of rotatable bonds is 1. The number of aromatic amines is 1. The van der Waals surface area contributed by atoms with Crippen LogP contribution in [0.5, 0.6) is 0 Å². The van der Waals surface area contributed by atoms with Crippen LogP contribution < -0.4 is 0 Å². The lowest BCUT2D eigenvalue weighted by molar-refractivity contribution is -0.130. The first-order valence-electron chi connectivity index (χ1n) is 6.77. The molecule has 0 aromatic carbocycles. The summed E-state index contributed by atoms with van der Waals surface area (Å²) >= 11 is 0. The van der Waals surface area contributed by atoms with Crippen LogP contribution in [0.15, 0.2) is 0 Å². The molecule has 2 heterocycles. The van der Waals surface area contributed by atoms with E-state index in [1.54, 1.807) is 16.7 Å². The Bertz CT molecular complexity index is 515. The zero-order valence-electron chi connectivity index (χ0n) is 11.1. The van der Waals surface area contributed by atoms with Gasteiger partial charge in [0.2, 0.25) is 5.91 Å². The largest absolute Gasteiger partial charge is 0.339 e. The Morgan fingerprint density at radius 1 is 1.11 bits per heavy atom. The second kappa shape index (κ2) is 4.68. The van der Waals surface area contributed by atoms with Crippen molar-refractivity contribution in [2.75, 3.05) is 26.2 Å². The molecule has 1 fully saturated rings. The standard InChI is InChI=1S/C13H18N4O2/c1-9(18)16-5-7-17(8-6-16)13(19)12-10-3-2-4-11(10)14-15-12/h2-8H2,1H3,(H,14,15). The number of hydrogen-bond acceptors (Lipinski definition) is 3. The van der Waals surface area contributed by atoms with E-state index >= 15 is 0 Å². The van der Waals surface area contributed by atoms with Crippen molar-refractivity contribution in [2.45, 2.75) is 26.2 Å². The summed E-state index contributed by atoms with van der Waals surface area (Å²) in [5.74, 6) is 0.0790. The van der Waals surface area contributed by atoms with Crippen molar-refractivity contribution >= 4 is 11.8 Å². The minimum Gasteiger partial charge on any atom is -0.339 e. The van der Waals surface area contributed by atoms with Gasteiger partial charge in [0, 0.05) is 44.4 Å². The first-order valence-corrected chi connectivity index (χ1v) is 6.77. The molecule has 0 spiro atoms. The summed E-state index contributed by atoms with van der Waals surface area (Å²) in [6.45, 7) is 4.00. The van der Waals surface area contributed by atoms with E-state index in [1.807, 2.05) is 0 Å². The number of H-pyrrole nitrogens is 1. The number of amides is 2. The number of hydrogen-bond donors (Lipinski definition) is 1. The molecule has 0 atom stereocenters. The Hall–Kier alpha value is -1.85. The monoisotopic (exact) mass is 262 g/mol. The number of nitrogens with one attached hydrogen (secondary N) is 1. The van der Waals surface area contributed by atoms with E-state index in [4.69, 9.17) is 0 Å². The third-order valence-electron chi connectivity index (χ3n) is 4.02. The summed E-state index contributed by atoms with van der Waals surface area (Å²) in [6.07, 6.45) is 3.04. The lowest BCUT2D eigenvalue weighted by Crippen LogP contribution is -2.50. The minimum absolute atomic E-state index is 0.00241. The number of nitrogens with zero attached hydrogens (tertiary/aromatic N) is 3. The number of aryl methyl sites for hydroxylation is 1. The number of fused-ring (bicyclic) bond motifs is 1. The van der Waals surface area contributed by atoms with Gasteiger partial charge in [0.05, 0.1) is 0 Å². The molecule has 6 heteroatoms. The highest BCUT2D eigenvalue weighted by Gasteiger charge is 2.29. The Morgan fingerprint density at radius 3 is 2.47 bits per heavy atom. The van der Waals surface area contributed by atoms with Crippen molar-refractivity contribution in [3.05, 3.63) is 17.0 Å². The third-order valence-corrected chi connectivity index (χ3v) is 4.02. The maximum Gasteiger partial charge on any atom is 0.274 e. The van der Waals surface area contributed by atoms with Crippen LogP contribution in [-0.2, 0) is 17.6 Å². The molecule has 1 aliphatic carbocycles. The van der Waals surface area contributed by atoms with Gasteiger partial charge in [-0.2, -0.15) is 5.10 Å². The third kappa shape index (κ3) is 2.11. The van der Waals surface area contributed by atoms with Crippen LogP contribution >= 0.6 is 0 Å². The van der Waals surface area contributed by atoms with E-state index in [-0.39, 0.29) is 11.8 Å². The topological polar surface area (TPSA) is 69.3 Å². The number of carbonyl (C=O) groups excluding carboxylic acids is 2. The molecule has 0 bridgehead atoms. The quantitative estimate of drug-likeness (QED) is 0.786. The molecule has 1 aromatic heterocycles. The Balaban J connectivity index is 1.70. The fraction of sp³-hybridized carbons (Fsp3) is 0.615. The molecule has 2 aliphatic rings. The predicted molar refractivity (Wildman–Crippen MR) is 68.8 cm³/mol. The zero-order valence-corrected chi connectivity index (χ0v) is 11.1. The predicted octanol–water partition coefficient (Wildman–Crippen LogP) is 0.203. The Labute approximate surface area is 111 Å². The normalized spacial score (nSPS) is 18.6. The molecule has 1 N–H and O–H groups in total. The number of piperazine rings is 1. The van der Waals surface area contributed by atoms with Crippen molar-refractivity contribution in [1.82, 2.24) is 20.0 Å². The van der Waals surface area contributed by atoms with Gasteiger partial charge in [0.1, 0.15) is 0 Å². The summed E-state index contributed by atoms with van der Waals surface area (Å²) in [5.41, 5.74) is 2.80. The summed E-state index contributed by atoms with van der Waals surface area (Å²) in [4.78, 5) is 27.3. The smallest absolute Gasteiger partial charge is 0.274 e. The van der Waals surface area contributed by atoms with Gasteiger partial charge >= 0.3 is 0 Å². The van der Waals surface area contributed by atoms with Crippen molar-refractivity contribution in [3.8, 4) is 0 Å². The summed E-state index contributed by atoms with van der Waals surface area (Å²) in [6, 6.07) is 0. The lowest BCUT2D eigenvalue weighted by Gasteiger charge is -2.33. The van der Waals surface area contributed by atoms with E-state index in [2.05, 4.69) is 10.2 Å². The van der Waals surface area contributed by atoms with E-state index in [1.165, 1.54) is 0 Å². The first kappa shape index (κ1) is 12.2. The summed E-state index contributed by atoms with van der Waals surface area (Å²) in [7, 11) is 0. The summed E-state index contributed by atoms with van der Waals surface area (Å²) in [5, 5.41) is 7.14. The number of carbonyl (C=O) groups is 2. The molecule has 3 rings (SSSR count).